The van der Waals surface area contributed by atoms with E-state index in [1.165, 1.54) is 0 Å². The molecule has 3 rings (SSSR count). The normalized spacial score (nSPS) is 17.9. The molecule has 4 nitrogen and oxygen atoms in total. The van der Waals surface area contributed by atoms with Crippen LogP contribution in [-0.4, -0.2) is 19.9 Å². The molecule has 0 unspecified atom stereocenters. The number of halogens is 1. The highest BCUT2D eigenvalue weighted by Gasteiger charge is 2.37. The van der Waals surface area contributed by atoms with Crippen molar-refractivity contribution in [3.63, 3.8) is 0 Å². The van der Waals surface area contributed by atoms with Gasteiger partial charge in [0.2, 0.25) is 0 Å². The number of hydrogen-bond acceptors (Lipinski definition) is 3. The molecular weight excluding hydrogens is 224 g/mol. The van der Waals surface area contributed by atoms with E-state index < -0.39 is 0 Å². The van der Waals surface area contributed by atoms with Crippen LogP contribution in [0.1, 0.15) is 25.0 Å². The lowest BCUT2D eigenvalue weighted by atomic mass is 10.1. The lowest BCUT2D eigenvalue weighted by Crippen LogP contribution is -2.22. The van der Waals surface area contributed by atoms with Crippen molar-refractivity contribution >= 4 is 17.2 Å². The first-order valence-corrected chi connectivity index (χ1v) is 5.81. The van der Waals surface area contributed by atoms with E-state index in [1.807, 2.05) is 10.6 Å². The Balaban J connectivity index is 1.90. The maximum atomic E-state index is 6.06. The summed E-state index contributed by atoms with van der Waals surface area (Å²) in [6.45, 7) is 0. The van der Waals surface area contributed by atoms with Gasteiger partial charge in [0.25, 0.3) is 0 Å². The summed E-state index contributed by atoms with van der Waals surface area (Å²) < 4.78 is 1.85. The van der Waals surface area contributed by atoms with E-state index in [2.05, 4.69) is 9.97 Å². The zero-order valence-electron chi connectivity index (χ0n) is 8.86. The van der Waals surface area contributed by atoms with E-state index in [-0.39, 0.29) is 5.54 Å². The number of aromatic nitrogens is 3. The number of aryl methyl sites for hydroxylation is 1. The van der Waals surface area contributed by atoms with Gasteiger partial charge in [0.05, 0.1) is 11.9 Å². The Morgan fingerprint density at radius 2 is 2.25 bits per heavy atom. The molecule has 0 atom stereocenters. The van der Waals surface area contributed by atoms with Gasteiger partial charge in [-0.05, 0) is 25.7 Å². The third kappa shape index (κ3) is 1.68. The maximum Gasteiger partial charge on any atom is 0.159 e. The molecule has 0 spiro atoms. The second-order valence-electron chi connectivity index (χ2n) is 4.51. The molecule has 0 bridgehead atoms. The van der Waals surface area contributed by atoms with Gasteiger partial charge in [0.1, 0.15) is 5.15 Å². The van der Waals surface area contributed by atoms with Crippen LogP contribution in [0.2, 0.25) is 5.15 Å². The molecule has 5 heteroatoms. The number of nitrogens with two attached hydrogens (primary N) is 1. The first kappa shape index (κ1) is 10.1. The Kier molecular flexibility index (Phi) is 2.16. The minimum absolute atomic E-state index is 0.0604. The summed E-state index contributed by atoms with van der Waals surface area (Å²) in [5.74, 6) is 0. The lowest BCUT2D eigenvalue weighted by Gasteiger charge is -2.08. The molecular formula is C11H13ClN4. The van der Waals surface area contributed by atoms with Gasteiger partial charge in [-0.25, -0.2) is 4.98 Å². The third-order valence-electron chi connectivity index (χ3n) is 3.21. The topological polar surface area (TPSA) is 56.2 Å². The molecule has 1 aliphatic carbocycles. The standard InChI is InChI=1S/C11H13ClN4/c12-9-7-15-10-8(14-5-6-16(9)10)1-2-11(13)3-4-11/h5-7H,1-4,13H2. The van der Waals surface area contributed by atoms with Gasteiger partial charge in [-0.15, -0.1) is 0 Å². The number of nitrogens with zero attached hydrogens (tertiary/aromatic N) is 3. The number of imidazole rings is 1. The predicted molar refractivity (Wildman–Crippen MR) is 62.5 cm³/mol. The molecule has 0 radical (unpaired) electrons. The molecule has 1 fully saturated rings. The number of hydrogen-bond donors (Lipinski definition) is 1. The molecule has 16 heavy (non-hydrogen) atoms. The molecule has 2 heterocycles. The van der Waals surface area contributed by atoms with Gasteiger partial charge >= 0.3 is 0 Å². The summed E-state index contributed by atoms with van der Waals surface area (Å²) in [4.78, 5) is 8.62. The monoisotopic (exact) mass is 236 g/mol. The third-order valence-corrected chi connectivity index (χ3v) is 3.49. The molecule has 2 aromatic rings. The van der Waals surface area contributed by atoms with E-state index in [0.717, 1.165) is 37.0 Å². The van der Waals surface area contributed by atoms with Crippen molar-refractivity contribution in [2.24, 2.45) is 5.73 Å². The van der Waals surface area contributed by atoms with E-state index in [1.54, 1.807) is 12.4 Å². The average Bonchev–Trinajstić information content (AvgIpc) is 2.90. The van der Waals surface area contributed by atoms with Crippen LogP contribution >= 0.6 is 11.6 Å². The van der Waals surface area contributed by atoms with E-state index >= 15 is 0 Å². The average molecular weight is 237 g/mol. The summed E-state index contributed by atoms with van der Waals surface area (Å²) in [6, 6.07) is 0. The fraction of sp³-hybridized carbons (Fsp3) is 0.455. The van der Waals surface area contributed by atoms with Crippen LogP contribution in [0.4, 0.5) is 0 Å². The zero-order valence-corrected chi connectivity index (χ0v) is 9.61. The Bertz CT molecular complexity index is 530. The quantitative estimate of drug-likeness (QED) is 0.884. The largest absolute Gasteiger partial charge is 0.325 e. The van der Waals surface area contributed by atoms with Crippen LogP contribution in [0.15, 0.2) is 18.6 Å². The minimum Gasteiger partial charge on any atom is -0.325 e. The lowest BCUT2D eigenvalue weighted by molar-refractivity contribution is 0.603. The second-order valence-corrected chi connectivity index (χ2v) is 4.90. The summed E-state index contributed by atoms with van der Waals surface area (Å²) in [7, 11) is 0. The summed E-state index contributed by atoms with van der Waals surface area (Å²) in [5, 5.41) is 0.618. The van der Waals surface area contributed by atoms with Crippen LogP contribution in [0.25, 0.3) is 5.65 Å². The van der Waals surface area contributed by atoms with E-state index in [9.17, 15) is 0 Å². The highest BCUT2D eigenvalue weighted by molar-refractivity contribution is 6.29. The SMILES string of the molecule is NC1(CCc2nccn3c(Cl)cnc23)CC1. The molecule has 2 N–H and O–H groups in total. The van der Waals surface area contributed by atoms with Gasteiger partial charge in [-0.1, -0.05) is 11.6 Å². The molecule has 0 aromatic carbocycles. The molecule has 84 valence electrons. The van der Waals surface area contributed by atoms with Crippen molar-refractivity contribution < 1.29 is 0 Å². The number of fused-ring (bicyclic) bond motifs is 1. The maximum absolute atomic E-state index is 6.06. The van der Waals surface area contributed by atoms with E-state index in [0.29, 0.717) is 5.15 Å². The fourth-order valence-electron chi connectivity index (χ4n) is 1.90. The van der Waals surface area contributed by atoms with E-state index in [4.69, 9.17) is 17.3 Å². The van der Waals surface area contributed by atoms with Gasteiger partial charge in [-0.3, -0.25) is 9.38 Å². The smallest absolute Gasteiger partial charge is 0.159 e. The first-order valence-electron chi connectivity index (χ1n) is 5.43. The summed E-state index contributed by atoms with van der Waals surface area (Å²) in [6.07, 6.45) is 9.34. The van der Waals surface area contributed by atoms with Crippen molar-refractivity contribution in [2.45, 2.75) is 31.2 Å². The minimum atomic E-state index is 0.0604. The Morgan fingerprint density at radius 1 is 1.44 bits per heavy atom. The van der Waals surface area contributed by atoms with Gasteiger partial charge in [0, 0.05) is 17.9 Å². The van der Waals surface area contributed by atoms with Gasteiger partial charge in [-0.2, -0.15) is 0 Å². The zero-order chi connectivity index (χ0) is 11.2. The van der Waals surface area contributed by atoms with Crippen molar-refractivity contribution in [1.82, 2.24) is 14.4 Å². The Labute approximate surface area is 98.5 Å². The Hall–Kier alpha value is -1.13. The van der Waals surface area contributed by atoms with Crippen molar-refractivity contribution in [1.29, 1.82) is 0 Å². The fourth-order valence-corrected chi connectivity index (χ4v) is 2.08. The van der Waals surface area contributed by atoms with Crippen molar-refractivity contribution in [3.8, 4) is 0 Å². The molecule has 0 saturated heterocycles. The predicted octanol–water partition coefficient (Wildman–Crippen LogP) is 1.81. The van der Waals surface area contributed by atoms with Crippen LogP contribution < -0.4 is 5.73 Å². The molecule has 1 aliphatic rings. The Morgan fingerprint density at radius 3 is 3.00 bits per heavy atom. The van der Waals surface area contributed by atoms with Crippen molar-refractivity contribution in [3.05, 3.63) is 29.4 Å². The molecule has 0 amide bonds. The molecule has 1 saturated carbocycles. The van der Waals surface area contributed by atoms with Gasteiger partial charge < -0.3 is 5.73 Å². The molecule has 0 aliphatic heterocycles. The molecule has 2 aromatic heterocycles. The second kappa shape index (κ2) is 3.43. The summed E-state index contributed by atoms with van der Waals surface area (Å²) in [5.41, 5.74) is 7.95. The van der Waals surface area contributed by atoms with Crippen LogP contribution in [0.5, 0.6) is 0 Å². The van der Waals surface area contributed by atoms with Gasteiger partial charge in [0.15, 0.2) is 5.65 Å². The summed E-state index contributed by atoms with van der Waals surface area (Å²) >= 11 is 5.99. The highest BCUT2D eigenvalue weighted by atomic mass is 35.5. The van der Waals surface area contributed by atoms with Crippen molar-refractivity contribution in [2.75, 3.05) is 0 Å². The first-order chi connectivity index (χ1) is 7.68. The number of rotatable bonds is 3. The highest BCUT2D eigenvalue weighted by Crippen LogP contribution is 2.36. The van der Waals surface area contributed by atoms with Crippen LogP contribution in [0.3, 0.4) is 0 Å². The van der Waals surface area contributed by atoms with Crippen LogP contribution in [-0.2, 0) is 6.42 Å². The van der Waals surface area contributed by atoms with Crippen LogP contribution in [0, 0.1) is 0 Å².